The van der Waals surface area contributed by atoms with Gasteiger partial charge in [-0.3, -0.25) is 9.69 Å². The van der Waals surface area contributed by atoms with Gasteiger partial charge in [-0.05, 0) is 17.7 Å². The van der Waals surface area contributed by atoms with Crippen molar-refractivity contribution >= 4 is 16.7 Å². The molecule has 0 unspecified atom stereocenters. The second-order valence-electron chi connectivity index (χ2n) is 6.94. The van der Waals surface area contributed by atoms with Crippen LogP contribution in [0, 0.1) is 5.92 Å². The normalized spacial score (nSPS) is 23.4. The van der Waals surface area contributed by atoms with Crippen molar-refractivity contribution in [2.75, 3.05) is 40.5 Å². The third-order valence-corrected chi connectivity index (χ3v) is 5.19. The van der Waals surface area contributed by atoms with E-state index in [1.165, 1.54) is 5.56 Å². The van der Waals surface area contributed by atoms with Crippen molar-refractivity contribution < 1.29 is 19.0 Å². The molecule has 0 radical (unpaired) electrons. The maximum absolute atomic E-state index is 12.2. The van der Waals surface area contributed by atoms with Crippen LogP contribution in [0.4, 0.5) is 0 Å². The van der Waals surface area contributed by atoms with E-state index in [0.29, 0.717) is 19.8 Å². The van der Waals surface area contributed by atoms with Crippen molar-refractivity contribution in [3.8, 4) is 11.5 Å². The second kappa shape index (κ2) is 7.13. The highest BCUT2D eigenvalue weighted by Gasteiger charge is 2.33. The Labute approximate surface area is 153 Å². The molecule has 2 saturated heterocycles. The number of nitrogens with zero attached hydrogens (tertiary/aromatic N) is 1. The fraction of sp³-hybridized carbons (Fsp3) is 0.450. The summed E-state index contributed by atoms with van der Waals surface area (Å²) in [4.78, 5) is 14.6. The van der Waals surface area contributed by atoms with Crippen LogP contribution in [0.1, 0.15) is 5.56 Å². The van der Waals surface area contributed by atoms with Gasteiger partial charge in [0.1, 0.15) is 11.5 Å². The van der Waals surface area contributed by atoms with E-state index in [1.807, 2.05) is 18.2 Å². The summed E-state index contributed by atoms with van der Waals surface area (Å²) in [5, 5.41) is 5.19. The molecule has 6 heteroatoms. The van der Waals surface area contributed by atoms with E-state index >= 15 is 0 Å². The summed E-state index contributed by atoms with van der Waals surface area (Å²) >= 11 is 0. The topological polar surface area (TPSA) is 60.0 Å². The first-order valence-electron chi connectivity index (χ1n) is 8.92. The van der Waals surface area contributed by atoms with Gasteiger partial charge in [-0.2, -0.15) is 0 Å². The number of rotatable bonds is 4. The average Bonchev–Trinajstić information content (AvgIpc) is 2.90. The van der Waals surface area contributed by atoms with E-state index in [0.717, 1.165) is 35.4 Å². The molecular weight excluding hydrogens is 332 g/mol. The van der Waals surface area contributed by atoms with Crippen LogP contribution in [0.5, 0.6) is 11.5 Å². The summed E-state index contributed by atoms with van der Waals surface area (Å²) in [5.74, 6) is 1.66. The quantitative estimate of drug-likeness (QED) is 0.905. The summed E-state index contributed by atoms with van der Waals surface area (Å²) in [6.45, 7) is 3.30. The van der Waals surface area contributed by atoms with Crippen LogP contribution in [-0.4, -0.2) is 57.4 Å². The summed E-state index contributed by atoms with van der Waals surface area (Å²) in [7, 11) is 3.37. The van der Waals surface area contributed by atoms with Crippen LogP contribution < -0.4 is 14.8 Å². The molecule has 2 bridgehead atoms. The number of hydrogen-bond acceptors (Lipinski definition) is 5. The van der Waals surface area contributed by atoms with Crippen LogP contribution in [0.25, 0.3) is 10.8 Å². The van der Waals surface area contributed by atoms with Gasteiger partial charge in [-0.15, -0.1) is 0 Å². The Hall–Kier alpha value is -2.31. The zero-order chi connectivity index (χ0) is 18.1. The number of nitrogens with one attached hydrogen (secondary N) is 1. The second-order valence-corrected chi connectivity index (χ2v) is 6.94. The van der Waals surface area contributed by atoms with Crippen LogP contribution >= 0.6 is 0 Å². The SMILES string of the molecule is COc1ccc(CN2C[C@H]3COC[C@@H](C2)C(=O)N3)c2c(OC)cccc12. The first kappa shape index (κ1) is 17.1. The average molecular weight is 356 g/mol. The molecule has 6 nitrogen and oxygen atoms in total. The maximum Gasteiger partial charge on any atom is 0.227 e. The molecule has 2 heterocycles. The predicted octanol–water partition coefficient (Wildman–Crippen LogP) is 1.80. The monoisotopic (exact) mass is 356 g/mol. The number of amides is 1. The standard InChI is InChI=1S/C20H24N2O4/c1-24-17-7-6-13(19-16(17)4-3-5-18(19)25-2)8-22-9-14-11-26-12-15(10-22)21-20(14)23/h3-7,14-15H,8-12H2,1-2H3,(H,21,23)/t14-,15+/m1/s1. The number of benzene rings is 2. The Morgan fingerprint density at radius 2 is 1.96 bits per heavy atom. The van der Waals surface area contributed by atoms with Crippen LogP contribution in [-0.2, 0) is 16.1 Å². The minimum Gasteiger partial charge on any atom is -0.496 e. The number of ether oxygens (including phenoxy) is 3. The van der Waals surface area contributed by atoms with Gasteiger partial charge in [0, 0.05) is 30.4 Å². The number of fused-ring (bicyclic) bond motifs is 4. The van der Waals surface area contributed by atoms with E-state index in [4.69, 9.17) is 14.2 Å². The van der Waals surface area contributed by atoms with Crippen molar-refractivity contribution in [3.05, 3.63) is 35.9 Å². The summed E-state index contributed by atoms with van der Waals surface area (Å²) < 4.78 is 16.8. The molecule has 0 aliphatic carbocycles. The van der Waals surface area contributed by atoms with Crippen molar-refractivity contribution in [2.45, 2.75) is 12.6 Å². The highest BCUT2D eigenvalue weighted by Crippen LogP contribution is 2.35. The van der Waals surface area contributed by atoms with Crippen molar-refractivity contribution in [1.29, 1.82) is 0 Å². The number of methoxy groups -OCH3 is 2. The minimum absolute atomic E-state index is 0.0430. The van der Waals surface area contributed by atoms with Gasteiger partial charge < -0.3 is 19.5 Å². The lowest BCUT2D eigenvalue weighted by atomic mass is 10.0. The highest BCUT2D eigenvalue weighted by molar-refractivity contribution is 5.95. The molecule has 1 amide bonds. The molecule has 4 rings (SSSR count). The molecule has 2 aliphatic rings. The predicted molar refractivity (Wildman–Crippen MR) is 98.6 cm³/mol. The summed E-state index contributed by atoms with van der Waals surface area (Å²) in [5.41, 5.74) is 1.17. The van der Waals surface area contributed by atoms with Gasteiger partial charge in [-0.1, -0.05) is 18.2 Å². The number of carbonyl (C=O) groups is 1. The molecule has 2 aromatic rings. The molecule has 2 atom stereocenters. The Balaban J connectivity index is 1.70. The van der Waals surface area contributed by atoms with Gasteiger partial charge in [-0.25, -0.2) is 0 Å². The smallest absolute Gasteiger partial charge is 0.227 e. The van der Waals surface area contributed by atoms with Gasteiger partial charge >= 0.3 is 0 Å². The summed E-state index contributed by atoms with van der Waals surface area (Å²) in [6.07, 6.45) is 0. The Morgan fingerprint density at radius 1 is 1.12 bits per heavy atom. The Kier molecular flexibility index (Phi) is 4.70. The van der Waals surface area contributed by atoms with Crippen molar-refractivity contribution in [1.82, 2.24) is 10.2 Å². The van der Waals surface area contributed by atoms with Crippen LogP contribution in [0.15, 0.2) is 30.3 Å². The van der Waals surface area contributed by atoms with Crippen molar-refractivity contribution in [2.24, 2.45) is 5.92 Å². The van der Waals surface area contributed by atoms with Gasteiger partial charge in [0.2, 0.25) is 5.91 Å². The Bertz CT molecular complexity index is 823. The zero-order valence-electron chi connectivity index (χ0n) is 15.2. The van der Waals surface area contributed by atoms with E-state index in [1.54, 1.807) is 14.2 Å². The Morgan fingerprint density at radius 3 is 2.77 bits per heavy atom. The third kappa shape index (κ3) is 3.10. The molecule has 138 valence electrons. The lowest BCUT2D eigenvalue weighted by Gasteiger charge is -2.28. The first-order valence-corrected chi connectivity index (χ1v) is 8.92. The third-order valence-electron chi connectivity index (χ3n) is 5.19. The summed E-state index contributed by atoms with van der Waals surface area (Å²) in [6, 6.07) is 10.1. The van der Waals surface area contributed by atoms with Gasteiger partial charge in [0.25, 0.3) is 0 Å². The van der Waals surface area contributed by atoms with Crippen LogP contribution in [0.3, 0.4) is 0 Å². The van der Waals surface area contributed by atoms with E-state index in [2.05, 4.69) is 22.3 Å². The molecule has 26 heavy (non-hydrogen) atoms. The maximum atomic E-state index is 12.2. The molecule has 0 saturated carbocycles. The van der Waals surface area contributed by atoms with Gasteiger partial charge in [0.05, 0.1) is 39.4 Å². The lowest BCUT2D eigenvalue weighted by Crippen LogP contribution is -2.41. The van der Waals surface area contributed by atoms with E-state index < -0.39 is 0 Å². The number of carbonyl (C=O) groups excluding carboxylic acids is 1. The number of hydrogen-bond donors (Lipinski definition) is 1. The first-order chi connectivity index (χ1) is 12.7. The highest BCUT2D eigenvalue weighted by atomic mass is 16.5. The zero-order valence-corrected chi connectivity index (χ0v) is 15.2. The molecular formula is C20H24N2O4. The minimum atomic E-state index is -0.117. The molecule has 0 spiro atoms. The van der Waals surface area contributed by atoms with E-state index in [9.17, 15) is 4.79 Å². The molecule has 2 aromatic carbocycles. The largest absolute Gasteiger partial charge is 0.496 e. The molecule has 1 N–H and O–H groups in total. The fourth-order valence-corrected chi connectivity index (χ4v) is 3.99. The van der Waals surface area contributed by atoms with E-state index in [-0.39, 0.29) is 17.9 Å². The lowest BCUT2D eigenvalue weighted by molar-refractivity contribution is -0.125. The fourth-order valence-electron chi connectivity index (χ4n) is 3.99. The molecule has 2 aliphatic heterocycles. The molecule has 2 fully saturated rings. The van der Waals surface area contributed by atoms with Gasteiger partial charge in [0.15, 0.2) is 0 Å². The van der Waals surface area contributed by atoms with Crippen LogP contribution in [0.2, 0.25) is 0 Å². The molecule has 0 aromatic heterocycles. The van der Waals surface area contributed by atoms with Crippen molar-refractivity contribution in [3.63, 3.8) is 0 Å².